The van der Waals surface area contributed by atoms with Crippen molar-refractivity contribution in [2.24, 2.45) is 0 Å². The Morgan fingerprint density at radius 1 is 1.00 bits per heavy atom. The van der Waals surface area contributed by atoms with Crippen LogP contribution in [-0.2, 0) is 19.6 Å². The molecule has 1 aromatic heterocycles. The van der Waals surface area contributed by atoms with E-state index in [2.05, 4.69) is 28.6 Å². The maximum absolute atomic E-state index is 14.1. The largest absolute Gasteiger partial charge is 0.490 e. The number of para-hydroxylation sites is 1. The Labute approximate surface area is 202 Å². The molecular weight excluding hydrogens is 462 g/mol. The standard InChI is InChI=1S/C26H25Cl2FN2O2/c1-2-32-25-13-17(14-30-11-10-18-15-31-24-9-4-3-6-19(18)24)12-22(28)26(25)33-16-20-21(27)7-5-8-23(20)29/h3-9,12-13,15,30-31H,2,10-11,14,16H2,1H3. The van der Waals surface area contributed by atoms with E-state index in [4.69, 9.17) is 32.7 Å². The van der Waals surface area contributed by atoms with Crippen molar-refractivity contribution in [2.45, 2.75) is 26.5 Å². The molecule has 0 saturated carbocycles. The predicted octanol–water partition coefficient (Wildman–Crippen LogP) is 6.92. The second-order valence-corrected chi connectivity index (χ2v) is 8.43. The summed E-state index contributed by atoms with van der Waals surface area (Å²) in [6.07, 6.45) is 2.96. The van der Waals surface area contributed by atoms with Crippen molar-refractivity contribution in [2.75, 3.05) is 13.2 Å². The number of hydrogen-bond donors (Lipinski definition) is 2. The fourth-order valence-electron chi connectivity index (χ4n) is 3.74. The highest BCUT2D eigenvalue weighted by molar-refractivity contribution is 6.32. The number of hydrogen-bond acceptors (Lipinski definition) is 3. The van der Waals surface area contributed by atoms with Crippen LogP contribution >= 0.6 is 23.2 Å². The molecule has 7 heteroatoms. The highest BCUT2D eigenvalue weighted by Gasteiger charge is 2.15. The lowest BCUT2D eigenvalue weighted by molar-refractivity contribution is 0.266. The molecule has 0 fully saturated rings. The second-order valence-electron chi connectivity index (χ2n) is 7.61. The minimum Gasteiger partial charge on any atom is -0.490 e. The van der Waals surface area contributed by atoms with Gasteiger partial charge in [0.15, 0.2) is 11.5 Å². The van der Waals surface area contributed by atoms with Gasteiger partial charge in [-0.1, -0.05) is 47.5 Å². The van der Waals surface area contributed by atoms with Crippen LogP contribution in [0, 0.1) is 5.82 Å². The van der Waals surface area contributed by atoms with Crippen molar-refractivity contribution < 1.29 is 13.9 Å². The van der Waals surface area contributed by atoms with Crippen LogP contribution in [0.3, 0.4) is 0 Å². The number of rotatable bonds is 10. The molecule has 1 heterocycles. The van der Waals surface area contributed by atoms with E-state index in [9.17, 15) is 4.39 Å². The molecule has 0 aliphatic carbocycles. The van der Waals surface area contributed by atoms with Gasteiger partial charge in [-0.25, -0.2) is 4.39 Å². The Hall–Kier alpha value is -2.73. The van der Waals surface area contributed by atoms with E-state index < -0.39 is 5.82 Å². The number of nitrogens with one attached hydrogen (secondary N) is 2. The number of ether oxygens (including phenoxy) is 2. The fourth-order valence-corrected chi connectivity index (χ4v) is 4.24. The van der Waals surface area contributed by atoms with Crippen LogP contribution in [0.4, 0.5) is 4.39 Å². The van der Waals surface area contributed by atoms with Gasteiger partial charge in [-0.2, -0.15) is 0 Å². The third-order valence-electron chi connectivity index (χ3n) is 5.37. The highest BCUT2D eigenvalue weighted by atomic mass is 35.5. The molecule has 4 nitrogen and oxygen atoms in total. The summed E-state index contributed by atoms with van der Waals surface area (Å²) in [4.78, 5) is 3.31. The molecule has 0 atom stereocenters. The Morgan fingerprint density at radius 3 is 2.67 bits per heavy atom. The number of halogens is 3. The normalized spacial score (nSPS) is 11.2. The lowest BCUT2D eigenvalue weighted by atomic mass is 10.1. The lowest BCUT2D eigenvalue weighted by Crippen LogP contribution is -2.16. The molecule has 2 N–H and O–H groups in total. The molecule has 0 saturated heterocycles. The Morgan fingerprint density at radius 2 is 1.85 bits per heavy atom. The molecule has 0 amide bonds. The molecule has 0 spiro atoms. The smallest absolute Gasteiger partial charge is 0.180 e. The van der Waals surface area contributed by atoms with Crippen LogP contribution in [0.2, 0.25) is 10.0 Å². The molecule has 4 aromatic rings. The quantitative estimate of drug-likeness (QED) is 0.239. The summed E-state index contributed by atoms with van der Waals surface area (Å²) < 4.78 is 25.7. The summed E-state index contributed by atoms with van der Waals surface area (Å²) in [7, 11) is 0. The lowest BCUT2D eigenvalue weighted by Gasteiger charge is -2.16. The molecule has 3 aromatic carbocycles. The number of aromatic nitrogens is 1. The van der Waals surface area contributed by atoms with Crippen LogP contribution in [0.25, 0.3) is 10.9 Å². The fraction of sp³-hybridized carbons (Fsp3) is 0.231. The van der Waals surface area contributed by atoms with Gasteiger partial charge in [0, 0.05) is 29.2 Å². The van der Waals surface area contributed by atoms with Crippen molar-refractivity contribution in [1.29, 1.82) is 0 Å². The Balaban J connectivity index is 1.40. The van der Waals surface area contributed by atoms with Gasteiger partial charge < -0.3 is 19.8 Å². The summed E-state index contributed by atoms with van der Waals surface area (Å²) in [5.74, 6) is 0.471. The molecular formula is C26H25Cl2FN2O2. The zero-order chi connectivity index (χ0) is 23.2. The molecule has 0 aliphatic heterocycles. The van der Waals surface area contributed by atoms with Crippen LogP contribution < -0.4 is 14.8 Å². The third kappa shape index (κ3) is 5.61. The molecule has 0 unspecified atom stereocenters. The van der Waals surface area contributed by atoms with E-state index >= 15 is 0 Å². The van der Waals surface area contributed by atoms with E-state index in [0.717, 1.165) is 24.0 Å². The van der Waals surface area contributed by atoms with Crippen molar-refractivity contribution in [1.82, 2.24) is 10.3 Å². The zero-order valence-electron chi connectivity index (χ0n) is 18.3. The highest BCUT2D eigenvalue weighted by Crippen LogP contribution is 2.38. The summed E-state index contributed by atoms with van der Waals surface area (Å²) in [5, 5.41) is 5.42. The number of fused-ring (bicyclic) bond motifs is 1. The van der Waals surface area contributed by atoms with Gasteiger partial charge in [-0.05, 0) is 61.3 Å². The maximum atomic E-state index is 14.1. The molecule has 4 rings (SSSR count). The molecule has 0 aliphatic rings. The van der Waals surface area contributed by atoms with Crippen LogP contribution in [0.5, 0.6) is 11.5 Å². The Bertz CT molecular complexity index is 1220. The summed E-state index contributed by atoms with van der Waals surface area (Å²) >= 11 is 12.6. The molecule has 0 radical (unpaired) electrons. The maximum Gasteiger partial charge on any atom is 0.180 e. The first kappa shape index (κ1) is 23.4. The van der Waals surface area contributed by atoms with E-state index in [1.807, 2.05) is 31.2 Å². The van der Waals surface area contributed by atoms with E-state index in [1.165, 1.54) is 17.0 Å². The van der Waals surface area contributed by atoms with Gasteiger partial charge in [-0.15, -0.1) is 0 Å². The SMILES string of the molecule is CCOc1cc(CNCCc2c[nH]c3ccccc23)cc(Cl)c1OCc1c(F)cccc1Cl. The first-order valence-electron chi connectivity index (χ1n) is 10.8. The van der Waals surface area contributed by atoms with Gasteiger partial charge >= 0.3 is 0 Å². The van der Waals surface area contributed by atoms with Crippen molar-refractivity contribution >= 4 is 34.1 Å². The first-order chi connectivity index (χ1) is 16.1. The monoisotopic (exact) mass is 486 g/mol. The summed E-state index contributed by atoms with van der Waals surface area (Å²) in [5.41, 5.74) is 3.67. The van der Waals surface area contributed by atoms with Crippen LogP contribution in [0.1, 0.15) is 23.6 Å². The minimum absolute atomic E-state index is 0.0481. The van der Waals surface area contributed by atoms with Gasteiger partial charge in [0.05, 0.1) is 16.7 Å². The van der Waals surface area contributed by atoms with Crippen molar-refractivity contribution in [3.8, 4) is 11.5 Å². The second kappa shape index (κ2) is 10.9. The summed E-state index contributed by atoms with van der Waals surface area (Å²) in [6, 6.07) is 16.5. The third-order valence-corrected chi connectivity index (χ3v) is 6.00. The Kier molecular flexibility index (Phi) is 7.76. The predicted molar refractivity (Wildman–Crippen MR) is 132 cm³/mol. The minimum atomic E-state index is -0.424. The van der Waals surface area contributed by atoms with Gasteiger partial charge in [0.2, 0.25) is 0 Å². The molecule has 33 heavy (non-hydrogen) atoms. The number of aromatic amines is 1. The van der Waals surface area contributed by atoms with Crippen LogP contribution in [-0.4, -0.2) is 18.1 Å². The summed E-state index contributed by atoms with van der Waals surface area (Å²) in [6.45, 7) is 3.73. The average Bonchev–Trinajstić information content (AvgIpc) is 3.21. The van der Waals surface area contributed by atoms with Crippen LogP contribution in [0.15, 0.2) is 60.8 Å². The van der Waals surface area contributed by atoms with Crippen molar-refractivity contribution in [3.05, 3.63) is 93.3 Å². The number of benzene rings is 3. The van der Waals surface area contributed by atoms with Gasteiger partial charge in [-0.3, -0.25) is 0 Å². The average molecular weight is 487 g/mol. The first-order valence-corrected chi connectivity index (χ1v) is 11.6. The van der Waals surface area contributed by atoms with E-state index in [0.29, 0.717) is 34.7 Å². The molecule has 172 valence electrons. The van der Waals surface area contributed by atoms with Gasteiger partial charge in [0.1, 0.15) is 12.4 Å². The topological polar surface area (TPSA) is 46.3 Å². The zero-order valence-corrected chi connectivity index (χ0v) is 19.8. The molecule has 0 bridgehead atoms. The van der Waals surface area contributed by atoms with E-state index in [1.54, 1.807) is 12.1 Å². The number of H-pyrrole nitrogens is 1. The van der Waals surface area contributed by atoms with Crippen molar-refractivity contribution in [3.63, 3.8) is 0 Å². The van der Waals surface area contributed by atoms with Gasteiger partial charge in [0.25, 0.3) is 0 Å². The van der Waals surface area contributed by atoms with E-state index in [-0.39, 0.29) is 12.2 Å².